The van der Waals surface area contributed by atoms with Gasteiger partial charge >= 0.3 is 0 Å². The maximum Gasteiger partial charge on any atom is 0.137 e. The van der Waals surface area contributed by atoms with E-state index in [1.807, 2.05) is 23.0 Å². The van der Waals surface area contributed by atoms with Crippen LogP contribution in [-0.2, 0) is 0 Å². The summed E-state index contributed by atoms with van der Waals surface area (Å²) in [5, 5.41) is 0. The highest BCUT2D eigenvalue weighted by Gasteiger charge is 2.14. The number of imidazole rings is 1. The van der Waals surface area contributed by atoms with Crippen LogP contribution in [0, 0.1) is 0 Å². The minimum atomic E-state index is 0.817. The standard InChI is InChI=1S/C13H16BrN5/c1-17-4-6-18(7-5-17)11-2-3-13(15-8-11)19-9-12(14)16-10-19/h2-3,8-10H,4-7H2,1H3. The molecule has 0 N–H and O–H groups in total. The zero-order valence-corrected chi connectivity index (χ0v) is 12.4. The summed E-state index contributed by atoms with van der Waals surface area (Å²) < 4.78 is 2.72. The van der Waals surface area contributed by atoms with E-state index in [0.29, 0.717) is 0 Å². The fourth-order valence-electron chi connectivity index (χ4n) is 2.21. The van der Waals surface area contributed by atoms with Crippen molar-refractivity contribution < 1.29 is 0 Å². The summed E-state index contributed by atoms with van der Waals surface area (Å²) in [5.74, 6) is 0.885. The van der Waals surface area contributed by atoms with Crippen LogP contribution in [0.15, 0.2) is 35.5 Å². The molecular weight excluding hydrogens is 306 g/mol. The van der Waals surface area contributed by atoms with Crippen LogP contribution in [0.5, 0.6) is 0 Å². The summed E-state index contributed by atoms with van der Waals surface area (Å²) >= 11 is 3.34. The Kier molecular flexibility index (Phi) is 3.52. The second kappa shape index (κ2) is 5.30. The number of likely N-dealkylation sites (N-methyl/N-ethyl adjacent to an activating group) is 1. The average molecular weight is 322 g/mol. The highest BCUT2D eigenvalue weighted by atomic mass is 79.9. The summed E-state index contributed by atoms with van der Waals surface area (Å²) in [7, 11) is 2.16. The van der Waals surface area contributed by atoms with Crippen molar-refractivity contribution in [2.45, 2.75) is 0 Å². The minimum Gasteiger partial charge on any atom is -0.368 e. The third kappa shape index (κ3) is 2.79. The van der Waals surface area contributed by atoms with Gasteiger partial charge < -0.3 is 9.80 Å². The molecule has 19 heavy (non-hydrogen) atoms. The lowest BCUT2D eigenvalue weighted by molar-refractivity contribution is 0.313. The largest absolute Gasteiger partial charge is 0.368 e. The molecule has 5 nitrogen and oxygen atoms in total. The number of hydrogen-bond acceptors (Lipinski definition) is 4. The first-order chi connectivity index (χ1) is 9.22. The van der Waals surface area contributed by atoms with E-state index in [4.69, 9.17) is 0 Å². The predicted molar refractivity (Wildman–Crippen MR) is 78.8 cm³/mol. The van der Waals surface area contributed by atoms with Crippen LogP contribution >= 0.6 is 15.9 Å². The van der Waals surface area contributed by atoms with Gasteiger partial charge in [-0.2, -0.15) is 0 Å². The van der Waals surface area contributed by atoms with E-state index in [1.54, 1.807) is 6.33 Å². The van der Waals surface area contributed by atoms with Gasteiger partial charge in [-0.15, -0.1) is 0 Å². The van der Waals surface area contributed by atoms with E-state index in [9.17, 15) is 0 Å². The molecule has 0 spiro atoms. The van der Waals surface area contributed by atoms with Gasteiger partial charge in [-0.05, 0) is 35.1 Å². The number of nitrogens with zero attached hydrogens (tertiary/aromatic N) is 5. The van der Waals surface area contributed by atoms with Gasteiger partial charge in [-0.1, -0.05) is 0 Å². The molecule has 0 saturated carbocycles. The van der Waals surface area contributed by atoms with E-state index in [1.165, 1.54) is 5.69 Å². The van der Waals surface area contributed by atoms with E-state index in [0.717, 1.165) is 36.6 Å². The Balaban J connectivity index is 1.75. The van der Waals surface area contributed by atoms with Crippen LogP contribution in [0.4, 0.5) is 5.69 Å². The van der Waals surface area contributed by atoms with Gasteiger partial charge in [0.1, 0.15) is 16.7 Å². The summed E-state index contributed by atoms with van der Waals surface area (Å²) in [6.45, 7) is 4.34. The number of halogens is 1. The van der Waals surface area contributed by atoms with Gasteiger partial charge in [0.25, 0.3) is 0 Å². The van der Waals surface area contributed by atoms with E-state index in [-0.39, 0.29) is 0 Å². The first-order valence-corrected chi connectivity index (χ1v) is 7.11. The maximum atomic E-state index is 4.50. The van der Waals surface area contributed by atoms with Crippen molar-refractivity contribution >= 4 is 21.6 Å². The van der Waals surface area contributed by atoms with Crippen molar-refractivity contribution in [2.75, 3.05) is 38.1 Å². The lowest BCUT2D eigenvalue weighted by Crippen LogP contribution is -2.44. The Bertz CT molecular complexity index is 542. The molecule has 0 bridgehead atoms. The highest BCUT2D eigenvalue weighted by Crippen LogP contribution is 2.17. The number of hydrogen-bond donors (Lipinski definition) is 0. The number of anilines is 1. The molecule has 0 radical (unpaired) electrons. The van der Waals surface area contributed by atoms with Crippen molar-refractivity contribution in [3.8, 4) is 5.82 Å². The van der Waals surface area contributed by atoms with Crippen molar-refractivity contribution in [2.24, 2.45) is 0 Å². The van der Waals surface area contributed by atoms with Crippen molar-refractivity contribution in [1.29, 1.82) is 0 Å². The Hall–Kier alpha value is -1.40. The quantitative estimate of drug-likeness (QED) is 0.845. The zero-order chi connectivity index (χ0) is 13.2. The third-order valence-corrected chi connectivity index (χ3v) is 3.83. The molecule has 6 heteroatoms. The van der Waals surface area contributed by atoms with Crippen LogP contribution in [0.3, 0.4) is 0 Å². The second-order valence-corrected chi connectivity index (χ2v) is 5.58. The van der Waals surface area contributed by atoms with Crippen LogP contribution in [0.25, 0.3) is 5.82 Å². The smallest absolute Gasteiger partial charge is 0.137 e. The second-order valence-electron chi connectivity index (χ2n) is 4.77. The Morgan fingerprint density at radius 3 is 2.47 bits per heavy atom. The molecule has 1 aliphatic rings. The molecule has 1 aliphatic heterocycles. The lowest BCUT2D eigenvalue weighted by Gasteiger charge is -2.33. The number of aromatic nitrogens is 3. The topological polar surface area (TPSA) is 37.2 Å². The summed E-state index contributed by atoms with van der Waals surface area (Å²) in [6.07, 6.45) is 5.59. The van der Waals surface area contributed by atoms with Gasteiger partial charge in [-0.25, -0.2) is 9.97 Å². The molecular formula is C13H16BrN5. The molecule has 2 aromatic rings. The van der Waals surface area contributed by atoms with E-state index >= 15 is 0 Å². The fourth-order valence-corrected chi connectivity index (χ4v) is 2.52. The first kappa shape index (κ1) is 12.6. The normalized spacial score (nSPS) is 16.8. The molecule has 1 saturated heterocycles. The average Bonchev–Trinajstić information content (AvgIpc) is 2.87. The highest BCUT2D eigenvalue weighted by molar-refractivity contribution is 9.10. The minimum absolute atomic E-state index is 0.817. The molecule has 0 aromatic carbocycles. The molecule has 3 rings (SSSR count). The predicted octanol–water partition coefficient (Wildman–Crippen LogP) is 1.78. The monoisotopic (exact) mass is 321 g/mol. The Labute approximate surface area is 121 Å². The van der Waals surface area contributed by atoms with Crippen molar-refractivity contribution in [3.05, 3.63) is 35.5 Å². The van der Waals surface area contributed by atoms with Gasteiger partial charge in [0.2, 0.25) is 0 Å². The van der Waals surface area contributed by atoms with Crippen molar-refractivity contribution in [3.63, 3.8) is 0 Å². The van der Waals surface area contributed by atoms with Gasteiger partial charge in [0.05, 0.1) is 11.9 Å². The zero-order valence-electron chi connectivity index (χ0n) is 10.8. The van der Waals surface area contributed by atoms with E-state index < -0.39 is 0 Å². The van der Waals surface area contributed by atoms with Crippen LogP contribution < -0.4 is 4.90 Å². The van der Waals surface area contributed by atoms with Gasteiger partial charge in [-0.3, -0.25) is 4.57 Å². The number of piperazine rings is 1. The summed E-state index contributed by atoms with van der Waals surface area (Å²) in [5.41, 5.74) is 1.19. The maximum absolute atomic E-state index is 4.50. The first-order valence-electron chi connectivity index (χ1n) is 6.32. The molecule has 2 aromatic heterocycles. The van der Waals surface area contributed by atoms with Crippen LogP contribution in [-0.4, -0.2) is 52.7 Å². The summed E-state index contributed by atoms with van der Waals surface area (Å²) in [6, 6.07) is 4.16. The molecule has 3 heterocycles. The van der Waals surface area contributed by atoms with E-state index in [2.05, 4.69) is 48.8 Å². The molecule has 1 fully saturated rings. The molecule has 0 aliphatic carbocycles. The Morgan fingerprint density at radius 1 is 1.11 bits per heavy atom. The van der Waals surface area contributed by atoms with Gasteiger partial charge in [0.15, 0.2) is 0 Å². The third-order valence-electron chi connectivity index (χ3n) is 3.42. The molecule has 0 unspecified atom stereocenters. The molecule has 100 valence electrons. The fraction of sp³-hybridized carbons (Fsp3) is 0.385. The lowest BCUT2D eigenvalue weighted by atomic mass is 10.3. The number of rotatable bonds is 2. The van der Waals surface area contributed by atoms with Crippen LogP contribution in [0.2, 0.25) is 0 Å². The van der Waals surface area contributed by atoms with Crippen molar-refractivity contribution in [1.82, 2.24) is 19.4 Å². The Morgan fingerprint density at radius 2 is 1.89 bits per heavy atom. The number of pyridine rings is 1. The molecule has 0 atom stereocenters. The van der Waals surface area contributed by atoms with Crippen LogP contribution in [0.1, 0.15) is 0 Å². The summed E-state index contributed by atoms with van der Waals surface area (Å²) in [4.78, 5) is 13.4. The SMILES string of the molecule is CN1CCN(c2ccc(-n3cnc(Br)c3)nc2)CC1. The molecule has 0 amide bonds. The van der Waals surface area contributed by atoms with Gasteiger partial charge in [0, 0.05) is 32.4 Å².